The molecule has 0 spiro atoms. The third-order valence-corrected chi connectivity index (χ3v) is 5.25. The molecule has 0 radical (unpaired) electrons. The molecule has 7 nitrogen and oxygen atoms in total. The molecule has 33 heavy (non-hydrogen) atoms. The molecule has 1 aromatic rings. The second kappa shape index (κ2) is 9.96. The normalized spacial score (nSPS) is 17.1. The zero-order chi connectivity index (χ0) is 24.3. The minimum atomic E-state index is -4.48. The van der Waals surface area contributed by atoms with Crippen LogP contribution in [0.2, 0.25) is 10.0 Å². The van der Waals surface area contributed by atoms with E-state index in [1.807, 2.05) is 0 Å². The van der Waals surface area contributed by atoms with E-state index in [-0.39, 0.29) is 64.1 Å². The van der Waals surface area contributed by atoms with Gasteiger partial charge in [-0.05, 0) is 31.1 Å². The van der Waals surface area contributed by atoms with Gasteiger partial charge in [0.1, 0.15) is 18.2 Å². The maximum atomic E-state index is 12.5. The molecule has 1 heterocycles. The zero-order valence-electron chi connectivity index (χ0n) is 17.4. The van der Waals surface area contributed by atoms with E-state index in [2.05, 4.69) is 16.9 Å². The van der Waals surface area contributed by atoms with Crippen LogP contribution < -0.4 is 21.5 Å². The summed E-state index contributed by atoms with van der Waals surface area (Å²) in [7, 11) is 0. The van der Waals surface area contributed by atoms with Gasteiger partial charge in [-0.3, -0.25) is 0 Å². The predicted molar refractivity (Wildman–Crippen MR) is 121 cm³/mol. The van der Waals surface area contributed by atoms with Crippen LogP contribution >= 0.6 is 23.2 Å². The lowest BCUT2D eigenvalue weighted by Gasteiger charge is -2.19. The molecule has 12 heteroatoms. The fraction of sp³-hybridized carbons (Fsp3) is 0.333. The number of benzene rings is 1. The van der Waals surface area contributed by atoms with Gasteiger partial charge in [0.2, 0.25) is 0 Å². The molecule has 0 bridgehead atoms. The molecule has 3 rings (SSSR count). The summed E-state index contributed by atoms with van der Waals surface area (Å²) in [5, 5.41) is 3.20. The third kappa shape index (κ3) is 6.82. The first kappa shape index (κ1) is 24.8. The zero-order valence-corrected chi connectivity index (χ0v) is 18.9. The van der Waals surface area contributed by atoms with E-state index in [0.29, 0.717) is 11.3 Å². The van der Waals surface area contributed by atoms with Crippen LogP contribution in [0.1, 0.15) is 18.4 Å². The maximum Gasteiger partial charge on any atom is 0.409 e. The van der Waals surface area contributed by atoms with Gasteiger partial charge in [0.15, 0.2) is 0 Å². The van der Waals surface area contributed by atoms with E-state index in [9.17, 15) is 18.0 Å². The van der Waals surface area contributed by atoms with Gasteiger partial charge in [-0.2, -0.15) is 13.2 Å². The highest BCUT2D eigenvalue weighted by Gasteiger charge is 2.33. The summed E-state index contributed by atoms with van der Waals surface area (Å²) in [6.07, 6.45) is -1.75. The van der Waals surface area contributed by atoms with Gasteiger partial charge in [0.05, 0.1) is 29.4 Å². The van der Waals surface area contributed by atoms with Crippen molar-refractivity contribution >= 4 is 34.9 Å². The number of nitrogens with two attached hydrogens (primary N) is 2. The summed E-state index contributed by atoms with van der Waals surface area (Å²) in [4.78, 5) is 18.3. The number of alkyl halides is 3. The average Bonchev–Trinajstić information content (AvgIpc) is 3.41. The number of carbonyl (C=O) groups excluding carboxylic acids is 1. The summed E-state index contributed by atoms with van der Waals surface area (Å²) in [6, 6.07) is 2.71. The van der Waals surface area contributed by atoms with Crippen LogP contribution in [0.3, 0.4) is 0 Å². The molecule has 0 saturated heterocycles. The van der Waals surface area contributed by atoms with Crippen LogP contribution in [0.4, 0.5) is 18.0 Å². The first-order chi connectivity index (χ1) is 15.4. The van der Waals surface area contributed by atoms with Gasteiger partial charge in [0, 0.05) is 28.4 Å². The average molecular weight is 504 g/mol. The number of urea groups is 1. The molecular formula is C21H22Cl2F3N5O2. The van der Waals surface area contributed by atoms with E-state index < -0.39 is 12.8 Å². The van der Waals surface area contributed by atoms with Crippen LogP contribution in [0.5, 0.6) is 5.75 Å². The van der Waals surface area contributed by atoms with Crippen molar-refractivity contribution in [3.05, 3.63) is 63.6 Å². The Bertz CT molecular complexity index is 1050. The first-order valence-electron chi connectivity index (χ1n) is 9.87. The number of aliphatic imine (C=N–C) groups is 1. The van der Waals surface area contributed by atoms with Crippen LogP contribution in [-0.4, -0.2) is 48.6 Å². The number of hydrogen-bond donors (Lipinski definition) is 3. The second-order valence-electron chi connectivity index (χ2n) is 7.55. The summed E-state index contributed by atoms with van der Waals surface area (Å²) >= 11 is 12.5. The van der Waals surface area contributed by atoms with Gasteiger partial charge in [0.25, 0.3) is 0 Å². The molecule has 2 amide bonds. The number of halogens is 5. The maximum absolute atomic E-state index is 12.5. The summed E-state index contributed by atoms with van der Waals surface area (Å²) in [5.41, 5.74) is 13.2. The van der Waals surface area contributed by atoms with Gasteiger partial charge in [-0.25, -0.2) is 9.79 Å². The monoisotopic (exact) mass is 503 g/mol. The van der Waals surface area contributed by atoms with Gasteiger partial charge in [-0.15, -0.1) is 0 Å². The first-order valence-corrected chi connectivity index (χ1v) is 10.6. The standard InChI is InChI=1S/C21H22Cl2F3N5O2/c1-11(27)29-19(14-9-31(10-16(14)28)20(32)30-13-3-4-13)18-15(23)7-12(22)8-17(18)33-6-2-5-21(24,25)26/h2,5,7-8,13H,1,3-4,6,9-10,27-28H2,(H,30,32)/b5-2+,29-19+. The lowest BCUT2D eigenvalue weighted by atomic mass is 10.0. The molecule has 0 unspecified atom stereocenters. The highest BCUT2D eigenvalue weighted by molar-refractivity contribution is 6.38. The summed E-state index contributed by atoms with van der Waals surface area (Å²) in [6.45, 7) is 3.44. The number of nitrogens with zero attached hydrogens (tertiary/aromatic N) is 2. The van der Waals surface area contributed by atoms with Gasteiger partial charge in [-0.1, -0.05) is 29.8 Å². The minimum absolute atomic E-state index is 0.0589. The van der Waals surface area contributed by atoms with E-state index in [4.69, 9.17) is 39.4 Å². The number of nitrogens with one attached hydrogen (secondary N) is 1. The van der Waals surface area contributed by atoms with Crippen molar-refractivity contribution in [2.24, 2.45) is 16.5 Å². The lowest BCUT2D eigenvalue weighted by Crippen LogP contribution is -2.40. The van der Waals surface area contributed by atoms with Crippen LogP contribution in [0.15, 0.2) is 52.9 Å². The third-order valence-electron chi connectivity index (χ3n) is 4.73. The fourth-order valence-electron chi connectivity index (χ4n) is 3.14. The molecule has 1 saturated carbocycles. The Labute approximate surface area is 198 Å². The lowest BCUT2D eigenvalue weighted by molar-refractivity contribution is -0.0801. The Hall–Kier alpha value is -2.85. The van der Waals surface area contributed by atoms with E-state index in [1.54, 1.807) is 0 Å². The molecule has 1 fully saturated rings. The molecule has 1 aliphatic heterocycles. The van der Waals surface area contributed by atoms with Crippen LogP contribution in [-0.2, 0) is 0 Å². The summed E-state index contributed by atoms with van der Waals surface area (Å²) < 4.78 is 42.7. The van der Waals surface area contributed by atoms with Crippen molar-refractivity contribution in [2.75, 3.05) is 19.7 Å². The Morgan fingerprint density at radius 2 is 2.03 bits per heavy atom. The Morgan fingerprint density at radius 1 is 1.33 bits per heavy atom. The molecule has 5 N–H and O–H groups in total. The molecular weight excluding hydrogens is 482 g/mol. The minimum Gasteiger partial charge on any atom is -0.489 e. The molecule has 0 atom stereocenters. The van der Waals surface area contributed by atoms with Crippen LogP contribution in [0.25, 0.3) is 0 Å². The fourth-order valence-corrected chi connectivity index (χ4v) is 3.71. The topological polar surface area (TPSA) is 106 Å². The van der Waals surface area contributed by atoms with E-state index in [1.165, 1.54) is 17.0 Å². The highest BCUT2D eigenvalue weighted by Crippen LogP contribution is 2.35. The molecule has 1 aromatic carbocycles. The number of carbonyl (C=O) groups is 1. The smallest absolute Gasteiger partial charge is 0.409 e. The molecule has 2 aliphatic rings. The number of allylic oxidation sites excluding steroid dienone is 1. The SMILES string of the molecule is C=C(N)/N=C(\C1=C(N)CN(C(=O)NC2CC2)C1)c1c(Cl)cc(Cl)cc1OC/C=C/C(F)(F)F. The molecule has 178 valence electrons. The number of ether oxygens (including phenoxy) is 1. The number of hydrogen-bond acceptors (Lipinski definition) is 5. The number of amides is 2. The number of rotatable bonds is 7. The van der Waals surface area contributed by atoms with Crippen molar-refractivity contribution < 1.29 is 22.7 Å². The van der Waals surface area contributed by atoms with Crippen molar-refractivity contribution in [3.8, 4) is 5.75 Å². The Kier molecular flexibility index (Phi) is 7.48. The van der Waals surface area contributed by atoms with Gasteiger partial charge >= 0.3 is 12.2 Å². The van der Waals surface area contributed by atoms with Crippen molar-refractivity contribution in [1.82, 2.24) is 10.2 Å². The van der Waals surface area contributed by atoms with Crippen LogP contribution in [0, 0.1) is 0 Å². The van der Waals surface area contributed by atoms with Crippen molar-refractivity contribution in [1.29, 1.82) is 0 Å². The van der Waals surface area contributed by atoms with E-state index >= 15 is 0 Å². The Balaban J connectivity index is 1.94. The van der Waals surface area contributed by atoms with Gasteiger partial charge < -0.3 is 26.4 Å². The Morgan fingerprint density at radius 3 is 2.64 bits per heavy atom. The van der Waals surface area contributed by atoms with Crippen molar-refractivity contribution in [3.63, 3.8) is 0 Å². The molecule has 1 aliphatic carbocycles. The predicted octanol–water partition coefficient (Wildman–Crippen LogP) is 4.11. The second-order valence-corrected chi connectivity index (χ2v) is 8.39. The largest absolute Gasteiger partial charge is 0.489 e. The van der Waals surface area contributed by atoms with Crippen molar-refractivity contribution in [2.45, 2.75) is 25.1 Å². The molecule has 0 aromatic heterocycles. The van der Waals surface area contributed by atoms with E-state index in [0.717, 1.165) is 18.9 Å². The quantitative estimate of drug-likeness (QED) is 0.384. The highest BCUT2D eigenvalue weighted by atomic mass is 35.5. The summed E-state index contributed by atoms with van der Waals surface area (Å²) in [5.74, 6) is 0.000576.